The lowest BCUT2D eigenvalue weighted by molar-refractivity contribution is 0.355. The molecular weight excluding hydrogens is 164 g/mol. The maximum absolute atomic E-state index is 5.75. The second kappa shape index (κ2) is 6.71. The van der Waals surface area contributed by atoms with E-state index < -0.39 is 0 Å². The molecule has 0 saturated carbocycles. The van der Waals surface area contributed by atoms with Gasteiger partial charge in [-0.2, -0.15) is 0 Å². The van der Waals surface area contributed by atoms with E-state index in [2.05, 4.69) is 16.8 Å². The van der Waals surface area contributed by atoms with Crippen LogP contribution in [0.1, 0.15) is 13.3 Å². The molecule has 0 fully saturated rings. The third-order valence-electron chi connectivity index (χ3n) is 1.77. The minimum Gasteiger partial charge on any atom is -0.370 e. The molecule has 0 aliphatic heterocycles. The summed E-state index contributed by atoms with van der Waals surface area (Å²) in [6, 6.07) is 0. The normalized spacial score (nSPS) is 12.2. The first-order valence-electron chi connectivity index (χ1n) is 4.73. The Labute approximate surface area is 81.4 Å². The Kier molecular flexibility index (Phi) is 6.32. The quantitative estimate of drug-likeness (QED) is 0.493. The number of aliphatic imine (C=N–C) groups is 1. The van der Waals surface area contributed by atoms with Gasteiger partial charge in [0.05, 0.1) is 0 Å². The van der Waals surface area contributed by atoms with E-state index in [-0.39, 0.29) is 0 Å². The maximum Gasteiger partial charge on any atom is 0.191 e. The lowest BCUT2D eigenvalue weighted by Crippen LogP contribution is -2.38. The van der Waals surface area contributed by atoms with Gasteiger partial charge in [0.1, 0.15) is 0 Å². The van der Waals surface area contributed by atoms with Crippen molar-refractivity contribution >= 4 is 5.96 Å². The van der Waals surface area contributed by atoms with Crippen molar-refractivity contribution in [1.82, 2.24) is 9.80 Å². The molecule has 0 rings (SSSR count). The van der Waals surface area contributed by atoms with E-state index >= 15 is 0 Å². The van der Waals surface area contributed by atoms with Crippen LogP contribution in [0.15, 0.2) is 4.99 Å². The van der Waals surface area contributed by atoms with Gasteiger partial charge in [0.25, 0.3) is 0 Å². The molecule has 0 aliphatic carbocycles. The van der Waals surface area contributed by atoms with Crippen molar-refractivity contribution in [2.75, 3.05) is 40.8 Å². The largest absolute Gasteiger partial charge is 0.370 e. The average molecular weight is 186 g/mol. The maximum atomic E-state index is 5.75. The first-order chi connectivity index (χ1) is 6.07. The second-order valence-electron chi connectivity index (χ2n) is 3.46. The highest BCUT2D eigenvalue weighted by Crippen LogP contribution is 1.86. The van der Waals surface area contributed by atoms with Gasteiger partial charge in [-0.25, -0.2) is 0 Å². The van der Waals surface area contributed by atoms with Gasteiger partial charge in [0.2, 0.25) is 0 Å². The first kappa shape index (κ1) is 12.2. The number of guanidine groups is 1. The van der Waals surface area contributed by atoms with Crippen LogP contribution in [-0.2, 0) is 0 Å². The predicted molar refractivity (Wildman–Crippen MR) is 58.0 cm³/mol. The molecule has 13 heavy (non-hydrogen) atoms. The molecule has 0 saturated heterocycles. The smallest absolute Gasteiger partial charge is 0.191 e. The van der Waals surface area contributed by atoms with Crippen LogP contribution in [0.5, 0.6) is 0 Å². The SMILES string of the molecule is CCCN=C(N)N(C)CCN(C)C. The van der Waals surface area contributed by atoms with Crippen molar-refractivity contribution in [3.63, 3.8) is 0 Å². The highest BCUT2D eigenvalue weighted by molar-refractivity contribution is 5.77. The van der Waals surface area contributed by atoms with Crippen molar-refractivity contribution in [2.24, 2.45) is 10.7 Å². The summed E-state index contributed by atoms with van der Waals surface area (Å²) in [7, 11) is 6.07. The van der Waals surface area contributed by atoms with Crippen LogP contribution in [-0.4, -0.2) is 56.5 Å². The Hall–Kier alpha value is -0.770. The van der Waals surface area contributed by atoms with Gasteiger partial charge in [-0.05, 0) is 20.5 Å². The zero-order valence-corrected chi connectivity index (χ0v) is 9.25. The molecule has 0 amide bonds. The van der Waals surface area contributed by atoms with Gasteiger partial charge in [0, 0.05) is 26.7 Å². The van der Waals surface area contributed by atoms with Crippen LogP contribution in [0, 0.1) is 0 Å². The molecule has 0 heterocycles. The second-order valence-corrected chi connectivity index (χ2v) is 3.46. The van der Waals surface area contributed by atoms with Crippen molar-refractivity contribution in [3.8, 4) is 0 Å². The highest BCUT2D eigenvalue weighted by Gasteiger charge is 2.00. The van der Waals surface area contributed by atoms with E-state index in [0.717, 1.165) is 26.1 Å². The van der Waals surface area contributed by atoms with E-state index in [1.807, 2.05) is 26.0 Å². The molecule has 0 aromatic heterocycles. The number of hydrogen-bond acceptors (Lipinski definition) is 2. The summed E-state index contributed by atoms with van der Waals surface area (Å²) in [5.41, 5.74) is 5.75. The molecular formula is C9H22N4. The van der Waals surface area contributed by atoms with Crippen molar-refractivity contribution in [2.45, 2.75) is 13.3 Å². The number of hydrogen-bond donors (Lipinski definition) is 1. The summed E-state index contributed by atoms with van der Waals surface area (Å²) in [5, 5.41) is 0. The summed E-state index contributed by atoms with van der Waals surface area (Å²) in [6.45, 7) is 4.83. The number of nitrogens with two attached hydrogens (primary N) is 1. The van der Waals surface area contributed by atoms with Gasteiger partial charge < -0.3 is 15.5 Å². The monoisotopic (exact) mass is 186 g/mol. The van der Waals surface area contributed by atoms with Crippen molar-refractivity contribution in [1.29, 1.82) is 0 Å². The van der Waals surface area contributed by atoms with E-state index in [9.17, 15) is 0 Å². The molecule has 0 aromatic carbocycles. The molecule has 0 aliphatic rings. The Morgan fingerprint density at radius 3 is 2.31 bits per heavy atom. The lowest BCUT2D eigenvalue weighted by Gasteiger charge is -2.20. The fourth-order valence-electron chi connectivity index (χ4n) is 0.812. The minimum absolute atomic E-state index is 0.642. The Balaban J connectivity index is 3.74. The molecule has 2 N–H and O–H groups in total. The Bertz CT molecular complexity index is 154. The van der Waals surface area contributed by atoms with Crippen molar-refractivity contribution in [3.05, 3.63) is 0 Å². The van der Waals surface area contributed by atoms with E-state index in [4.69, 9.17) is 5.73 Å². The molecule has 4 nitrogen and oxygen atoms in total. The topological polar surface area (TPSA) is 44.9 Å². The summed E-state index contributed by atoms with van der Waals surface area (Å²) in [5.74, 6) is 0.642. The third kappa shape index (κ3) is 6.40. The molecule has 0 unspecified atom stereocenters. The van der Waals surface area contributed by atoms with Crippen LogP contribution in [0.4, 0.5) is 0 Å². The molecule has 0 atom stereocenters. The molecule has 4 heteroatoms. The third-order valence-corrected chi connectivity index (χ3v) is 1.77. The Morgan fingerprint density at radius 1 is 1.23 bits per heavy atom. The van der Waals surface area contributed by atoms with E-state index in [0.29, 0.717) is 5.96 Å². The predicted octanol–water partition coefficient (Wildman–Crippen LogP) is 0.205. The summed E-state index contributed by atoms with van der Waals surface area (Å²) < 4.78 is 0. The molecule has 0 radical (unpaired) electrons. The van der Waals surface area contributed by atoms with Gasteiger partial charge in [-0.3, -0.25) is 4.99 Å². The molecule has 0 bridgehead atoms. The van der Waals surface area contributed by atoms with E-state index in [1.54, 1.807) is 0 Å². The average Bonchev–Trinajstić information content (AvgIpc) is 2.10. The fraction of sp³-hybridized carbons (Fsp3) is 0.889. The first-order valence-corrected chi connectivity index (χ1v) is 4.73. The minimum atomic E-state index is 0.642. The Morgan fingerprint density at radius 2 is 1.85 bits per heavy atom. The van der Waals surface area contributed by atoms with Gasteiger partial charge in [-0.1, -0.05) is 6.92 Å². The van der Waals surface area contributed by atoms with Crippen molar-refractivity contribution < 1.29 is 0 Å². The van der Waals surface area contributed by atoms with E-state index in [1.165, 1.54) is 0 Å². The summed E-state index contributed by atoms with van der Waals surface area (Å²) in [6.07, 6.45) is 1.04. The summed E-state index contributed by atoms with van der Waals surface area (Å²) in [4.78, 5) is 8.33. The summed E-state index contributed by atoms with van der Waals surface area (Å²) >= 11 is 0. The fourth-order valence-corrected chi connectivity index (χ4v) is 0.812. The van der Waals surface area contributed by atoms with Crippen LogP contribution in [0.2, 0.25) is 0 Å². The number of likely N-dealkylation sites (N-methyl/N-ethyl adjacent to an activating group) is 2. The zero-order chi connectivity index (χ0) is 10.3. The molecule has 0 spiro atoms. The highest BCUT2D eigenvalue weighted by atomic mass is 15.2. The number of nitrogens with zero attached hydrogens (tertiary/aromatic N) is 3. The van der Waals surface area contributed by atoms with Crippen LogP contribution < -0.4 is 5.73 Å². The van der Waals surface area contributed by atoms with Gasteiger partial charge >= 0.3 is 0 Å². The van der Waals surface area contributed by atoms with Gasteiger partial charge in [-0.15, -0.1) is 0 Å². The molecule has 78 valence electrons. The lowest BCUT2D eigenvalue weighted by atomic mass is 10.5. The standard InChI is InChI=1S/C9H22N4/c1-5-6-11-9(10)13(4)8-7-12(2)3/h5-8H2,1-4H3,(H2,10,11). The van der Waals surface area contributed by atoms with Crippen LogP contribution in [0.3, 0.4) is 0 Å². The van der Waals surface area contributed by atoms with Gasteiger partial charge in [0.15, 0.2) is 5.96 Å². The van der Waals surface area contributed by atoms with Crippen LogP contribution in [0.25, 0.3) is 0 Å². The zero-order valence-electron chi connectivity index (χ0n) is 9.25. The van der Waals surface area contributed by atoms with Crippen LogP contribution >= 0.6 is 0 Å². The molecule has 0 aromatic rings. The number of rotatable bonds is 5.